The number of pyridine rings is 1. The standard InChI is InChI=1S/C16H24N4/c1-2-19-8-4-3-5-15(19)9-14-12-20-11-13(10-17)6-7-16(20)18-14/h6-7,11-12,15H,2-5,8-10,17H2,1H3. The number of imidazole rings is 1. The van der Waals surface area contributed by atoms with E-state index in [0.717, 1.165) is 24.2 Å². The molecule has 2 N–H and O–H groups in total. The van der Waals surface area contributed by atoms with Crippen molar-refractivity contribution in [2.75, 3.05) is 13.1 Å². The van der Waals surface area contributed by atoms with Gasteiger partial charge in [-0.15, -0.1) is 0 Å². The van der Waals surface area contributed by atoms with Crippen molar-refractivity contribution in [3.8, 4) is 0 Å². The molecule has 0 saturated carbocycles. The largest absolute Gasteiger partial charge is 0.326 e. The van der Waals surface area contributed by atoms with Gasteiger partial charge in [-0.25, -0.2) is 4.98 Å². The number of aromatic nitrogens is 2. The molecule has 0 aromatic carbocycles. The summed E-state index contributed by atoms with van der Waals surface area (Å²) in [6.45, 7) is 5.23. The number of fused-ring (bicyclic) bond motifs is 1. The highest BCUT2D eigenvalue weighted by Gasteiger charge is 2.22. The van der Waals surface area contributed by atoms with Gasteiger partial charge in [-0.2, -0.15) is 0 Å². The summed E-state index contributed by atoms with van der Waals surface area (Å²) in [4.78, 5) is 7.34. The van der Waals surface area contributed by atoms with Crippen LogP contribution in [-0.2, 0) is 13.0 Å². The van der Waals surface area contributed by atoms with Crippen LogP contribution in [0.15, 0.2) is 24.5 Å². The number of hydrogen-bond acceptors (Lipinski definition) is 3. The maximum Gasteiger partial charge on any atom is 0.136 e. The van der Waals surface area contributed by atoms with Gasteiger partial charge >= 0.3 is 0 Å². The summed E-state index contributed by atoms with van der Waals surface area (Å²) >= 11 is 0. The normalized spacial score (nSPS) is 20.6. The quantitative estimate of drug-likeness (QED) is 0.928. The molecule has 0 bridgehead atoms. The second-order valence-corrected chi connectivity index (χ2v) is 5.72. The zero-order valence-corrected chi connectivity index (χ0v) is 12.3. The van der Waals surface area contributed by atoms with Crippen molar-refractivity contribution >= 4 is 5.65 Å². The molecular formula is C16H24N4. The van der Waals surface area contributed by atoms with E-state index in [1.54, 1.807) is 0 Å². The zero-order valence-electron chi connectivity index (χ0n) is 12.3. The lowest BCUT2D eigenvalue weighted by Gasteiger charge is -2.34. The summed E-state index contributed by atoms with van der Waals surface area (Å²) in [6, 6.07) is 4.78. The maximum atomic E-state index is 5.69. The third-order valence-corrected chi connectivity index (χ3v) is 4.40. The molecule has 3 rings (SSSR count). The van der Waals surface area contributed by atoms with E-state index in [2.05, 4.69) is 40.8 Å². The van der Waals surface area contributed by atoms with Crippen LogP contribution in [0.5, 0.6) is 0 Å². The minimum atomic E-state index is 0.579. The fourth-order valence-electron chi connectivity index (χ4n) is 3.26. The van der Waals surface area contributed by atoms with Gasteiger partial charge in [-0.05, 0) is 37.6 Å². The van der Waals surface area contributed by atoms with E-state index in [-0.39, 0.29) is 0 Å². The van der Waals surface area contributed by atoms with Gasteiger partial charge in [0, 0.05) is 31.4 Å². The molecule has 1 aliphatic rings. The van der Waals surface area contributed by atoms with Crippen molar-refractivity contribution < 1.29 is 0 Å². The first-order valence-electron chi connectivity index (χ1n) is 7.70. The van der Waals surface area contributed by atoms with Gasteiger partial charge in [0.2, 0.25) is 0 Å². The summed E-state index contributed by atoms with van der Waals surface area (Å²) < 4.78 is 2.11. The van der Waals surface area contributed by atoms with Crippen LogP contribution in [0.2, 0.25) is 0 Å². The lowest BCUT2D eigenvalue weighted by atomic mass is 9.98. The van der Waals surface area contributed by atoms with Gasteiger partial charge in [-0.3, -0.25) is 0 Å². The molecule has 1 atom stereocenters. The molecule has 1 aliphatic heterocycles. The average Bonchev–Trinajstić information content (AvgIpc) is 2.89. The fourth-order valence-corrected chi connectivity index (χ4v) is 3.26. The van der Waals surface area contributed by atoms with Gasteiger partial charge in [0.1, 0.15) is 5.65 Å². The Labute approximate surface area is 120 Å². The fraction of sp³-hybridized carbons (Fsp3) is 0.562. The summed E-state index contributed by atoms with van der Waals surface area (Å²) in [5.41, 5.74) is 9.06. The molecule has 4 nitrogen and oxygen atoms in total. The van der Waals surface area contributed by atoms with Gasteiger partial charge in [-0.1, -0.05) is 19.4 Å². The maximum absolute atomic E-state index is 5.69. The molecule has 0 radical (unpaired) electrons. The molecule has 0 amide bonds. The molecular weight excluding hydrogens is 248 g/mol. The Morgan fingerprint density at radius 1 is 1.30 bits per heavy atom. The molecule has 0 spiro atoms. The van der Waals surface area contributed by atoms with Crippen molar-refractivity contribution in [2.45, 2.75) is 45.2 Å². The Morgan fingerprint density at radius 2 is 2.20 bits per heavy atom. The molecule has 1 fully saturated rings. The van der Waals surface area contributed by atoms with E-state index in [4.69, 9.17) is 10.7 Å². The van der Waals surface area contributed by atoms with E-state index in [0.29, 0.717) is 12.6 Å². The summed E-state index contributed by atoms with van der Waals surface area (Å²) in [5.74, 6) is 0. The number of likely N-dealkylation sites (N-methyl/N-ethyl adjacent to an activating group) is 1. The Bertz CT molecular complexity index is 575. The SMILES string of the molecule is CCN1CCCCC1Cc1cn2cc(CN)ccc2n1. The minimum Gasteiger partial charge on any atom is -0.326 e. The Hall–Kier alpha value is -1.39. The second-order valence-electron chi connectivity index (χ2n) is 5.72. The predicted molar refractivity (Wildman–Crippen MR) is 81.7 cm³/mol. The van der Waals surface area contributed by atoms with E-state index in [1.807, 2.05) is 0 Å². The van der Waals surface area contributed by atoms with Crippen molar-refractivity contribution in [1.29, 1.82) is 0 Å². The molecule has 2 aromatic heterocycles. The first-order valence-corrected chi connectivity index (χ1v) is 7.70. The molecule has 0 aliphatic carbocycles. The van der Waals surface area contributed by atoms with E-state index < -0.39 is 0 Å². The topological polar surface area (TPSA) is 46.6 Å². The minimum absolute atomic E-state index is 0.579. The second kappa shape index (κ2) is 5.94. The van der Waals surface area contributed by atoms with Crippen LogP contribution in [0.3, 0.4) is 0 Å². The number of rotatable bonds is 4. The highest BCUT2D eigenvalue weighted by Crippen LogP contribution is 2.20. The lowest BCUT2D eigenvalue weighted by Crippen LogP contribution is -2.40. The summed E-state index contributed by atoms with van der Waals surface area (Å²) in [5, 5.41) is 0. The number of piperidine rings is 1. The molecule has 1 unspecified atom stereocenters. The number of hydrogen-bond donors (Lipinski definition) is 1. The molecule has 1 saturated heterocycles. The third-order valence-electron chi connectivity index (χ3n) is 4.40. The van der Waals surface area contributed by atoms with Crippen LogP contribution in [0.25, 0.3) is 5.65 Å². The molecule has 108 valence electrons. The van der Waals surface area contributed by atoms with Crippen molar-refractivity contribution in [1.82, 2.24) is 14.3 Å². The Morgan fingerprint density at radius 3 is 3.00 bits per heavy atom. The Balaban J connectivity index is 1.79. The molecule has 3 heterocycles. The van der Waals surface area contributed by atoms with E-state index in [9.17, 15) is 0 Å². The predicted octanol–water partition coefficient (Wildman–Crippen LogP) is 2.21. The van der Waals surface area contributed by atoms with Gasteiger partial charge < -0.3 is 15.0 Å². The highest BCUT2D eigenvalue weighted by molar-refractivity contribution is 5.41. The van der Waals surface area contributed by atoms with Gasteiger partial charge in [0.25, 0.3) is 0 Å². The highest BCUT2D eigenvalue weighted by atomic mass is 15.2. The van der Waals surface area contributed by atoms with Crippen LogP contribution < -0.4 is 5.73 Å². The third kappa shape index (κ3) is 2.72. The average molecular weight is 272 g/mol. The first-order chi connectivity index (χ1) is 9.80. The first kappa shape index (κ1) is 13.6. The van der Waals surface area contributed by atoms with Crippen LogP contribution in [0.4, 0.5) is 0 Å². The zero-order chi connectivity index (χ0) is 13.9. The summed E-state index contributed by atoms with van der Waals surface area (Å²) in [6.07, 6.45) is 9.31. The number of likely N-dealkylation sites (tertiary alicyclic amines) is 1. The molecule has 2 aromatic rings. The monoisotopic (exact) mass is 272 g/mol. The van der Waals surface area contributed by atoms with Crippen molar-refractivity contribution in [2.24, 2.45) is 5.73 Å². The lowest BCUT2D eigenvalue weighted by molar-refractivity contribution is 0.155. The van der Waals surface area contributed by atoms with Gasteiger partial charge in [0.05, 0.1) is 5.69 Å². The van der Waals surface area contributed by atoms with E-state index in [1.165, 1.54) is 31.5 Å². The number of nitrogens with two attached hydrogens (primary N) is 1. The van der Waals surface area contributed by atoms with E-state index >= 15 is 0 Å². The summed E-state index contributed by atoms with van der Waals surface area (Å²) in [7, 11) is 0. The van der Waals surface area contributed by atoms with Crippen LogP contribution in [0.1, 0.15) is 37.4 Å². The number of nitrogens with zero attached hydrogens (tertiary/aromatic N) is 3. The molecule has 20 heavy (non-hydrogen) atoms. The van der Waals surface area contributed by atoms with Crippen LogP contribution in [-0.4, -0.2) is 33.4 Å². The van der Waals surface area contributed by atoms with Crippen LogP contribution in [0, 0.1) is 0 Å². The van der Waals surface area contributed by atoms with Crippen molar-refractivity contribution in [3.63, 3.8) is 0 Å². The molecule has 4 heteroatoms. The van der Waals surface area contributed by atoms with Gasteiger partial charge in [0.15, 0.2) is 0 Å². The van der Waals surface area contributed by atoms with Crippen LogP contribution >= 0.6 is 0 Å². The van der Waals surface area contributed by atoms with Crippen molar-refractivity contribution in [3.05, 3.63) is 35.8 Å². The smallest absolute Gasteiger partial charge is 0.136 e. The Kier molecular flexibility index (Phi) is 4.03.